The first-order valence-electron chi connectivity index (χ1n) is 6.26. The molecule has 0 amide bonds. The van der Waals surface area contributed by atoms with Crippen LogP contribution in [0.2, 0.25) is 0 Å². The molecule has 1 unspecified atom stereocenters. The van der Waals surface area contributed by atoms with Crippen LogP contribution in [0.15, 0.2) is 18.3 Å². The maximum Gasteiger partial charge on any atom is 0.123 e. The summed E-state index contributed by atoms with van der Waals surface area (Å²) in [5, 5.41) is 3.40. The second-order valence-electron chi connectivity index (χ2n) is 5.47. The fourth-order valence-electron chi connectivity index (χ4n) is 1.48. The van der Waals surface area contributed by atoms with Crippen molar-refractivity contribution in [3.05, 3.63) is 24.0 Å². The fraction of sp³-hybridized carbons (Fsp3) is 0.643. The Balaban J connectivity index is 2.56. The fourth-order valence-corrected chi connectivity index (χ4v) is 1.48. The van der Waals surface area contributed by atoms with Crippen LogP contribution in [-0.2, 0) is 11.3 Å². The van der Waals surface area contributed by atoms with Gasteiger partial charge in [0.1, 0.15) is 11.9 Å². The van der Waals surface area contributed by atoms with Gasteiger partial charge in [-0.05, 0) is 33.8 Å². The summed E-state index contributed by atoms with van der Waals surface area (Å²) in [5.74, 6) is 0.834. The molecule has 1 aromatic heterocycles. The number of methoxy groups -OCH3 is 1. The van der Waals surface area contributed by atoms with Gasteiger partial charge in [0.15, 0.2) is 0 Å². The predicted octanol–water partition coefficient (Wildman–Crippen LogP) is 2.38. The van der Waals surface area contributed by atoms with Crippen molar-refractivity contribution < 1.29 is 9.47 Å². The highest BCUT2D eigenvalue weighted by atomic mass is 16.5. The molecule has 1 aromatic rings. The molecule has 4 nitrogen and oxygen atoms in total. The second kappa shape index (κ2) is 6.71. The van der Waals surface area contributed by atoms with E-state index in [0.29, 0.717) is 6.61 Å². The topological polar surface area (TPSA) is 43.4 Å². The van der Waals surface area contributed by atoms with Crippen LogP contribution in [0.4, 0.5) is 0 Å². The molecule has 0 aliphatic carbocycles. The Kier molecular flexibility index (Phi) is 5.56. The third kappa shape index (κ3) is 5.98. The minimum Gasteiger partial charge on any atom is -0.488 e. The summed E-state index contributed by atoms with van der Waals surface area (Å²) in [6, 6.07) is 3.83. The largest absolute Gasteiger partial charge is 0.488 e. The molecule has 102 valence electrons. The first-order chi connectivity index (χ1) is 8.40. The lowest BCUT2D eigenvalue weighted by Gasteiger charge is -2.20. The predicted molar refractivity (Wildman–Crippen MR) is 72.8 cm³/mol. The number of rotatable bonds is 6. The number of nitrogens with one attached hydrogen (secondary N) is 1. The lowest BCUT2D eigenvalue weighted by Crippen LogP contribution is -2.35. The number of ether oxygens (including phenoxy) is 2. The quantitative estimate of drug-likeness (QED) is 0.844. The highest BCUT2D eigenvalue weighted by Crippen LogP contribution is 2.13. The monoisotopic (exact) mass is 252 g/mol. The van der Waals surface area contributed by atoms with E-state index in [1.165, 1.54) is 0 Å². The molecule has 0 radical (unpaired) electrons. The van der Waals surface area contributed by atoms with Crippen molar-refractivity contribution in [1.82, 2.24) is 10.3 Å². The van der Waals surface area contributed by atoms with E-state index in [1.807, 2.05) is 19.1 Å². The SMILES string of the molecule is COCC(C)Oc1ccnc(CNC(C)(C)C)c1. The van der Waals surface area contributed by atoms with Gasteiger partial charge in [0, 0.05) is 31.5 Å². The highest BCUT2D eigenvalue weighted by Gasteiger charge is 2.10. The molecular weight excluding hydrogens is 228 g/mol. The maximum atomic E-state index is 5.73. The molecular formula is C14H24N2O2. The lowest BCUT2D eigenvalue weighted by atomic mass is 10.1. The van der Waals surface area contributed by atoms with Gasteiger partial charge in [-0.25, -0.2) is 0 Å². The third-order valence-electron chi connectivity index (χ3n) is 2.33. The van der Waals surface area contributed by atoms with Gasteiger partial charge in [-0.3, -0.25) is 4.98 Å². The Morgan fingerprint density at radius 1 is 1.39 bits per heavy atom. The Morgan fingerprint density at radius 2 is 2.11 bits per heavy atom. The molecule has 18 heavy (non-hydrogen) atoms. The van der Waals surface area contributed by atoms with Gasteiger partial charge in [0.2, 0.25) is 0 Å². The van der Waals surface area contributed by atoms with Crippen LogP contribution in [0.3, 0.4) is 0 Å². The Bertz CT molecular complexity index is 361. The standard InChI is InChI=1S/C14H24N2O2/c1-11(10-17-5)18-13-6-7-15-12(8-13)9-16-14(2,3)4/h6-8,11,16H,9-10H2,1-5H3. The zero-order valence-corrected chi connectivity index (χ0v) is 12.0. The van der Waals surface area contributed by atoms with Gasteiger partial charge < -0.3 is 14.8 Å². The van der Waals surface area contributed by atoms with Crippen molar-refractivity contribution in [2.24, 2.45) is 0 Å². The van der Waals surface area contributed by atoms with Crippen molar-refractivity contribution in [2.75, 3.05) is 13.7 Å². The average Bonchev–Trinajstić information content (AvgIpc) is 2.26. The molecule has 0 aliphatic heterocycles. The number of nitrogens with zero attached hydrogens (tertiary/aromatic N) is 1. The van der Waals surface area contributed by atoms with Crippen molar-refractivity contribution >= 4 is 0 Å². The number of hydrogen-bond acceptors (Lipinski definition) is 4. The molecule has 4 heteroatoms. The molecule has 0 fully saturated rings. The molecule has 1 N–H and O–H groups in total. The zero-order chi connectivity index (χ0) is 13.6. The number of aromatic nitrogens is 1. The molecule has 0 aliphatic rings. The molecule has 1 atom stereocenters. The first-order valence-corrected chi connectivity index (χ1v) is 6.26. The van der Waals surface area contributed by atoms with Gasteiger partial charge in [-0.15, -0.1) is 0 Å². The van der Waals surface area contributed by atoms with Crippen molar-refractivity contribution in [3.8, 4) is 5.75 Å². The second-order valence-corrected chi connectivity index (χ2v) is 5.47. The summed E-state index contributed by atoms with van der Waals surface area (Å²) in [4.78, 5) is 4.32. The van der Waals surface area contributed by atoms with E-state index in [-0.39, 0.29) is 11.6 Å². The summed E-state index contributed by atoms with van der Waals surface area (Å²) < 4.78 is 10.8. The molecule has 0 saturated carbocycles. The third-order valence-corrected chi connectivity index (χ3v) is 2.33. The van der Waals surface area contributed by atoms with Crippen LogP contribution in [-0.4, -0.2) is 30.3 Å². The minimum absolute atomic E-state index is 0.0424. The molecule has 1 heterocycles. The van der Waals surface area contributed by atoms with E-state index in [2.05, 4.69) is 31.1 Å². The van der Waals surface area contributed by atoms with Gasteiger partial charge in [0.25, 0.3) is 0 Å². The summed E-state index contributed by atoms with van der Waals surface area (Å²) in [5.41, 5.74) is 1.06. The summed E-state index contributed by atoms with van der Waals surface area (Å²) in [6.45, 7) is 9.70. The summed E-state index contributed by atoms with van der Waals surface area (Å²) >= 11 is 0. The van der Waals surface area contributed by atoms with Crippen LogP contribution in [0.1, 0.15) is 33.4 Å². The Labute approximate surface area is 110 Å². The van der Waals surface area contributed by atoms with Gasteiger partial charge in [-0.1, -0.05) is 0 Å². The van der Waals surface area contributed by atoms with Gasteiger partial charge >= 0.3 is 0 Å². The number of pyridine rings is 1. The Hall–Kier alpha value is -1.13. The maximum absolute atomic E-state index is 5.73. The summed E-state index contributed by atoms with van der Waals surface area (Å²) in [7, 11) is 1.67. The summed E-state index contributed by atoms with van der Waals surface area (Å²) in [6.07, 6.45) is 1.81. The molecule has 0 bridgehead atoms. The molecule has 0 aromatic carbocycles. The van der Waals surface area contributed by atoms with Crippen molar-refractivity contribution in [1.29, 1.82) is 0 Å². The normalized spacial score (nSPS) is 13.4. The molecule has 0 spiro atoms. The highest BCUT2D eigenvalue weighted by molar-refractivity contribution is 5.23. The van der Waals surface area contributed by atoms with E-state index < -0.39 is 0 Å². The van der Waals surface area contributed by atoms with Crippen LogP contribution in [0, 0.1) is 0 Å². The van der Waals surface area contributed by atoms with Crippen molar-refractivity contribution in [3.63, 3.8) is 0 Å². The van der Waals surface area contributed by atoms with E-state index in [4.69, 9.17) is 9.47 Å². The molecule has 0 saturated heterocycles. The molecule has 1 rings (SSSR count). The average molecular weight is 252 g/mol. The van der Waals surface area contributed by atoms with Crippen LogP contribution in [0.5, 0.6) is 5.75 Å². The van der Waals surface area contributed by atoms with E-state index >= 15 is 0 Å². The van der Waals surface area contributed by atoms with Crippen LogP contribution in [0.25, 0.3) is 0 Å². The number of hydrogen-bond donors (Lipinski definition) is 1. The van der Waals surface area contributed by atoms with E-state index in [0.717, 1.165) is 18.0 Å². The van der Waals surface area contributed by atoms with Crippen LogP contribution >= 0.6 is 0 Å². The smallest absolute Gasteiger partial charge is 0.123 e. The lowest BCUT2D eigenvalue weighted by molar-refractivity contribution is 0.0919. The first kappa shape index (κ1) is 14.9. The Morgan fingerprint density at radius 3 is 2.72 bits per heavy atom. The zero-order valence-electron chi connectivity index (χ0n) is 12.0. The van der Waals surface area contributed by atoms with E-state index in [9.17, 15) is 0 Å². The van der Waals surface area contributed by atoms with Crippen molar-refractivity contribution in [2.45, 2.75) is 45.9 Å². The van der Waals surface area contributed by atoms with E-state index in [1.54, 1.807) is 13.3 Å². The minimum atomic E-state index is 0.0424. The van der Waals surface area contributed by atoms with Crippen LogP contribution < -0.4 is 10.1 Å². The van der Waals surface area contributed by atoms with Gasteiger partial charge in [-0.2, -0.15) is 0 Å². The van der Waals surface area contributed by atoms with Gasteiger partial charge in [0.05, 0.1) is 12.3 Å².